The Balaban J connectivity index is 1.53. The summed E-state index contributed by atoms with van der Waals surface area (Å²) in [6, 6.07) is 7.57. The van der Waals surface area contributed by atoms with Crippen LogP contribution < -0.4 is 5.32 Å². The molecule has 3 rings (SSSR count). The lowest BCUT2D eigenvalue weighted by atomic mass is 10.0. The van der Waals surface area contributed by atoms with Crippen molar-refractivity contribution in [1.29, 1.82) is 0 Å². The second-order valence-electron chi connectivity index (χ2n) is 5.77. The molecule has 19 heavy (non-hydrogen) atoms. The number of hydrogen-bond acceptors (Lipinski definition) is 3. The minimum atomic E-state index is -0.317. The van der Waals surface area contributed by atoms with E-state index in [1.165, 1.54) is 18.9 Å². The van der Waals surface area contributed by atoms with Crippen LogP contribution in [0.2, 0.25) is 0 Å². The van der Waals surface area contributed by atoms with Gasteiger partial charge in [0.05, 0.1) is 6.10 Å². The van der Waals surface area contributed by atoms with Crippen molar-refractivity contribution in [2.75, 3.05) is 13.1 Å². The van der Waals surface area contributed by atoms with Gasteiger partial charge in [0.25, 0.3) is 0 Å². The fourth-order valence-corrected chi connectivity index (χ4v) is 2.78. The predicted octanol–water partition coefficient (Wildman–Crippen LogP) is 1.51. The molecule has 1 aliphatic carbocycles. The summed E-state index contributed by atoms with van der Waals surface area (Å²) >= 11 is 0. The van der Waals surface area contributed by atoms with Crippen LogP contribution in [-0.2, 0) is 6.54 Å². The van der Waals surface area contributed by atoms with E-state index in [2.05, 4.69) is 10.2 Å². The molecule has 0 aromatic heterocycles. The lowest BCUT2D eigenvalue weighted by Crippen LogP contribution is -2.52. The molecule has 2 fully saturated rings. The average Bonchev–Trinajstić information content (AvgIpc) is 3.17. The molecule has 0 spiro atoms. The molecule has 0 bridgehead atoms. The Labute approximate surface area is 113 Å². The van der Waals surface area contributed by atoms with Gasteiger partial charge in [0.1, 0.15) is 5.82 Å². The average molecular weight is 264 g/mol. The van der Waals surface area contributed by atoms with Gasteiger partial charge in [-0.25, -0.2) is 4.39 Å². The van der Waals surface area contributed by atoms with Crippen molar-refractivity contribution in [3.05, 3.63) is 35.6 Å². The molecule has 1 aromatic rings. The van der Waals surface area contributed by atoms with Crippen LogP contribution in [0, 0.1) is 5.82 Å². The highest BCUT2D eigenvalue weighted by Crippen LogP contribution is 2.23. The number of β-amino-alcohol motifs (C(OH)–C–C–N with tert-alkyl or cyclic N) is 1. The minimum Gasteiger partial charge on any atom is -0.390 e. The topological polar surface area (TPSA) is 35.5 Å². The molecule has 0 radical (unpaired) electrons. The van der Waals surface area contributed by atoms with E-state index in [9.17, 15) is 9.50 Å². The number of halogens is 1. The fraction of sp³-hybridized carbons (Fsp3) is 0.600. The number of aliphatic hydroxyl groups excluding tert-OH is 1. The van der Waals surface area contributed by atoms with Crippen LogP contribution in [0.15, 0.2) is 24.3 Å². The number of hydrogen-bond donors (Lipinski definition) is 2. The van der Waals surface area contributed by atoms with E-state index < -0.39 is 0 Å². The number of rotatable bonds is 4. The summed E-state index contributed by atoms with van der Waals surface area (Å²) in [6.45, 7) is 2.34. The molecule has 4 heteroatoms. The molecule has 2 N–H and O–H groups in total. The van der Waals surface area contributed by atoms with Gasteiger partial charge in [-0.05, 0) is 37.0 Å². The Morgan fingerprint density at radius 1 is 1.32 bits per heavy atom. The third-order valence-corrected chi connectivity index (χ3v) is 3.99. The zero-order valence-corrected chi connectivity index (χ0v) is 11.1. The summed E-state index contributed by atoms with van der Waals surface area (Å²) in [5.41, 5.74) is 0.973. The Kier molecular flexibility index (Phi) is 3.82. The third kappa shape index (κ3) is 3.53. The van der Waals surface area contributed by atoms with Crippen molar-refractivity contribution in [3.8, 4) is 0 Å². The first-order chi connectivity index (χ1) is 9.20. The van der Waals surface area contributed by atoms with Gasteiger partial charge in [0.15, 0.2) is 0 Å². The van der Waals surface area contributed by atoms with E-state index in [0.717, 1.165) is 18.5 Å². The number of piperidine rings is 1. The van der Waals surface area contributed by atoms with E-state index >= 15 is 0 Å². The SMILES string of the molecule is O[C@@H]1CN(Cc2cccc(F)c2)CC[C@H]1NC1CC1. The maximum Gasteiger partial charge on any atom is 0.123 e. The Bertz CT molecular complexity index is 436. The van der Waals surface area contributed by atoms with Crippen LogP contribution in [0.4, 0.5) is 4.39 Å². The van der Waals surface area contributed by atoms with Crippen molar-refractivity contribution in [1.82, 2.24) is 10.2 Å². The first kappa shape index (κ1) is 13.0. The van der Waals surface area contributed by atoms with Gasteiger partial charge >= 0.3 is 0 Å². The Morgan fingerprint density at radius 2 is 2.16 bits per heavy atom. The Hall–Kier alpha value is -0.970. The van der Waals surface area contributed by atoms with Gasteiger partial charge in [0.2, 0.25) is 0 Å². The lowest BCUT2D eigenvalue weighted by Gasteiger charge is -2.36. The number of nitrogens with one attached hydrogen (secondary N) is 1. The van der Waals surface area contributed by atoms with Crippen molar-refractivity contribution < 1.29 is 9.50 Å². The second kappa shape index (κ2) is 5.57. The molecule has 104 valence electrons. The zero-order chi connectivity index (χ0) is 13.2. The predicted molar refractivity (Wildman–Crippen MR) is 72.2 cm³/mol. The fourth-order valence-electron chi connectivity index (χ4n) is 2.78. The number of benzene rings is 1. The van der Waals surface area contributed by atoms with Crippen LogP contribution in [0.3, 0.4) is 0 Å². The standard InChI is InChI=1S/C15H21FN2O/c16-12-3-1-2-11(8-12)9-18-7-6-14(15(19)10-18)17-13-4-5-13/h1-3,8,13-15,17,19H,4-7,9-10H2/t14-,15-/m1/s1. The highest BCUT2D eigenvalue weighted by atomic mass is 19.1. The highest BCUT2D eigenvalue weighted by molar-refractivity contribution is 5.16. The van der Waals surface area contributed by atoms with Gasteiger partial charge in [-0.2, -0.15) is 0 Å². The molecule has 2 aliphatic rings. The van der Waals surface area contributed by atoms with E-state index in [1.54, 1.807) is 12.1 Å². The second-order valence-corrected chi connectivity index (χ2v) is 5.77. The number of nitrogens with zero attached hydrogens (tertiary/aromatic N) is 1. The van der Waals surface area contributed by atoms with Gasteiger partial charge in [-0.1, -0.05) is 12.1 Å². The monoisotopic (exact) mass is 264 g/mol. The molecule has 0 amide bonds. The van der Waals surface area contributed by atoms with Crippen molar-refractivity contribution in [3.63, 3.8) is 0 Å². The molecule has 1 saturated carbocycles. The first-order valence-corrected chi connectivity index (χ1v) is 7.11. The molecule has 0 unspecified atom stereocenters. The van der Waals surface area contributed by atoms with Crippen LogP contribution in [0.5, 0.6) is 0 Å². The smallest absolute Gasteiger partial charge is 0.123 e. The van der Waals surface area contributed by atoms with Gasteiger partial charge < -0.3 is 10.4 Å². The summed E-state index contributed by atoms with van der Waals surface area (Å²) in [5.74, 6) is -0.191. The zero-order valence-electron chi connectivity index (χ0n) is 11.1. The van der Waals surface area contributed by atoms with Gasteiger partial charge in [0, 0.05) is 31.7 Å². The molecule has 1 aromatic carbocycles. The molecule has 1 aliphatic heterocycles. The molecule has 1 heterocycles. The van der Waals surface area contributed by atoms with Gasteiger partial charge in [-0.15, -0.1) is 0 Å². The lowest BCUT2D eigenvalue weighted by molar-refractivity contribution is 0.0364. The third-order valence-electron chi connectivity index (χ3n) is 3.99. The van der Waals surface area contributed by atoms with E-state index in [-0.39, 0.29) is 18.0 Å². The molecule has 2 atom stereocenters. The molecule has 1 saturated heterocycles. The van der Waals surface area contributed by atoms with Crippen LogP contribution >= 0.6 is 0 Å². The molecular formula is C15H21FN2O. The number of aliphatic hydroxyl groups is 1. The normalized spacial score (nSPS) is 28.5. The summed E-state index contributed by atoms with van der Waals surface area (Å²) in [4.78, 5) is 2.20. The minimum absolute atomic E-state index is 0.191. The summed E-state index contributed by atoms with van der Waals surface area (Å²) < 4.78 is 13.1. The summed E-state index contributed by atoms with van der Waals surface area (Å²) in [7, 11) is 0. The van der Waals surface area contributed by atoms with Crippen LogP contribution in [0.1, 0.15) is 24.8 Å². The van der Waals surface area contributed by atoms with E-state index in [1.807, 2.05) is 6.07 Å². The summed E-state index contributed by atoms with van der Waals surface area (Å²) in [6.07, 6.45) is 3.14. The van der Waals surface area contributed by atoms with Crippen LogP contribution in [-0.4, -0.2) is 41.3 Å². The van der Waals surface area contributed by atoms with Crippen molar-refractivity contribution >= 4 is 0 Å². The van der Waals surface area contributed by atoms with Crippen molar-refractivity contribution in [2.45, 2.75) is 44.0 Å². The highest BCUT2D eigenvalue weighted by Gasteiger charge is 2.32. The summed E-state index contributed by atoms with van der Waals surface area (Å²) in [5, 5.41) is 13.7. The maximum atomic E-state index is 13.1. The molecule has 3 nitrogen and oxygen atoms in total. The quantitative estimate of drug-likeness (QED) is 0.865. The Morgan fingerprint density at radius 3 is 2.84 bits per heavy atom. The van der Waals surface area contributed by atoms with E-state index in [4.69, 9.17) is 0 Å². The molecular weight excluding hydrogens is 243 g/mol. The number of likely N-dealkylation sites (tertiary alicyclic amines) is 1. The van der Waals surface area contributed by atoms with Crippen LogP contribution in [0.25, 0.3) is 0 Å². The largest absolute Gasteiger partial charge is 0.390 e. The van der Waals surface area contributed by atoms with Crippen molar-refractivity contribution in [2.24, 2.45) is 0 Å². The maximum absolute atomic E-state index is 13.1. The van der Waals surface area contributed by atoms with Gasteiger partial charge in [-0.3, -0.25) is 4.90 Å². The first-order valence-electron chi connectivity index (χ1n) is 7.11. The van der Waals surface area contributed by atoms with E-state index in [0.29, 0.717) is 19.1 Å².